The molecule has 1 aliphatic rings. The van der Waals surface area contributed by atoms with Crippen molar-refractivity contribution in [3.05, 3.63) is 0 Å². The molecule has 0 aromatic heterocycles. The SMILES string of the molecule is CCNC(=NCC(C)(C)NC(=O)OC(C)(C)C)NCC(C)N(C)C1CC1.I. The third-order valence-corrected chi connectivity index (χ3v) is 4.20. The molecular formula is C19H40IN5O2. The zero-order valence-corrected chi connectivity index (χ0v) is 20.6. The van der Waals surface area contributed by atoms with Gasteiger partial charge in [-0.2, -0.15) is 0 Å². The van der Waals surface area contributed by atoms with E-state index in [2.05, 4.69) is 39.8 Å². The number of likely N-dealkylation sites (N-methyl/N-ethyl adjacent to an activating group) is 1. The Labute approximate surface area is 182 Å². The topological polar surface area (TPSA) is 78.0 Å². The molecule has 1 unspecified atom stereocenters. The minimum atomic E-state index is -0.510. The molecule has 0 radical (unpaired) electrons. The number of amides is 1. The monoisotopic (exact) mass is 497 g/mol. The van der Waals surface area contributed by atoms with Gasteiger partial charge in [-0.05, 0) is 68.4 Å². The maximum absolute atomic E-state index is 12.0. The fourth-order valence-corrected chi connectivity index (χ4v) is 2.47. The predicted molar refractivity (Wildman–Crippen MR) is 123 cm³/mol. The molecule has 0 saturated heterocycles. The Balaban J connectivity index is 0.00000676. The lowest BCUT2D eigenvalue weighted by molar-refractivity contribution is 0.0476. The van der Waals surface area contributed by atoms with Crippen LogP contribution in [0.1, 0.15) is 61.3 Å². The van der Waals surface area contributed by atoms with Gasteiger partial charge in [0.15, 0.2) is 5.96 Å². The quantitative estimate of drug-likeness (QED) is 0.273. The normalized spacial score (nSPS) is 16.4. The fourth-order valence-electron chi connectivity index (χ4n) is 2.47. The van der Waals surface area contributed by atoms with E-state index in [1.165, 1.54) is 12.8 Å². The zero-order valence-electron chi connectivity index (χ0n) is 18.3. The standard InChI is InChI=1S/C19H39N5O2.HI/c1-9-20-16(21-12-14(2)24(8)15-10-11-15)22-13-19(6,7)23-17(25)26-18(3,4)5;/h14-15H,9-13H2,1-8H3,(H,23,25)(H2,20,21,22);1H. The third-order valence-electron chi connectivity index (χ3n) is 4.20. The van der Waals surface area contributed by atoms with E-state index >= 15 is 0 Å². The van der Waals surface area contributed by atoms with Gasteiger partial charge in [0.25, 0.3) is 0 Å². The Morgan fingerprint density at radius 1 is 1.22 bits per heavy atom. The van der Waals surface area contributed by atoms with Crippen molar-refractivity contribution < 1.29 is 9.53 Å². The van der Waals surface area contributed by atoms with Crippen LogP contribution in [0.15, 0.2) is 4.99 Å². The number of halogens is 1. The summed E-state index contributed by atoms with van der Waals surface area (Å²) in [6, 6.07) is 1.18. The van der Waals surface area contributed by atoms with Crippen molar-refractivity contribution in [3.63, 3.8) is 0 Å². The van der Waals surface area contributed by atoms with E-state index in [1.807, 2.05) is 41.5 Å². The molecule has 8 heteroatoms. The summed E-state index contributed by atoms with van der Waals surface area (Å²) in [5.41, 5.74) is -1.01. The number of ether oxygens (including phenoxy) is 1. The number of rotatable bonds is 8. The molecular weight excluding hydrogens is 457 g/mol. The molecule has 0 aromatic rings. The van der Waals surface area contributed by atoms with Crippen LogP contribution in [0.2, 0.25) is 0 Å². The molecule has 1 amide bonds. The zero-order chi connectivity index (χ0) is 20.0. The van der Waals surface area contributed by atoms with Crippen LogP contribution in [0.25, 0.3) is 0 Å². The van der Waals surface area contributed by atoms with Gasteiger partial charge in [-0.25, -0.2) is 4.79 Å². The molecule has 1 fully saturated rings. The molecule has 0 aliphatic heterocycles. The number of nitrogens with zero attached hydrogens (tertiary/aromatic N) is 2. The number of alkyl carbamates (subject to hydrolysis) is 1. The van der Waals surface area contributed by atoms with E-state index in [0.29, 0.717) is 12.6 Å². The number of aliphatic imine (C=N–C) groups is 1. The largest absolute Gasteiger partial charge is 0.444 e. The minimum absolute atomic E-state index is 0. The van der Waals surface area contributed by atoms with Gasteiger partial charge in [-0.1, -0.05) is 0 Å². The molecule has 1 atom stereocenters. The maximum atomic E-state index is 12.0. The highest BCUT2D eigenvalue weighted by Gasteiger charge is 2.29. The highest BCUT2D eigenvalue weighted by Crippen LogP contribution is 2.26. The summed E-state index contributed by atoms with van der Waals surface area (Å²) >= 11 is 0. The van der Waals surface area contributed by atoms with Crippen LogP contribution >= 0.6 is 24.0 Å². The lowest BCUT2D eigenvalue weighted by Gasteiger charge is -2.28. The summed E-state index contributed by atoms with van der Waals surface area (Å²) < 4.78 is 5.33. The number of guanidine groups is 1. The van der Waals surface area contributed by atoms with Crippen molar-refractivity contribution >= 4 is 36.0 Å². The summed E-state index contributed by atoms with van der Waals surface area (Å²) in [7, 11) is 2.18. The Kier molecular flexibility index (Phi) is 11.0. The van der Waals surface area contributed by atoms with Crippen LogP contribution in [-0.4, -0.2) is 66.9 Å². The van der Waals surface area contributed by atoms with Crippen LogP contribution < -0.4 is 16.0 Å². The summed E-state index contributed by atoms with van der Waals surface area (Å²) in [5, 5.41) is 9.55. The summed E-state index contributed by atoms with van der Waals surface area (Å²) in [6.07, 6.45) is 2.19. The van der Waals surface area contributed by atoms with Gasteiger partial charge in [0.2, 0.25) is 0 Å². The highest BCUT2D eigenvalue weighted by molar-refractivity contribution is 14.0. The highest BCUT2D eigenvalue weighted by atomic mass is 127. The smallest absolute Gasteiger partial charge is 0.408 e. The maximum Gasteiger partial charge on any atom is 0.408 e. The molecule has 7 nitrogen and oxygen atoms in total. The fraction of sp³-hybridized carbons (Fsp3) is 0.895. The van der Waals surface area contributed by atoms with Crippen LogP contribution in [0.3, 0.4) is 0 Å². The van der Waals surface area contributed by atoms with Gasteiger partial charge >= 0.3 is 6.09 Å². The molecule has 27 heavy (non-hydrogen) atoms. The van der Waals surface area contributed by atoms with Crippen molar-refractivity contribution in [2.24, 2.45) is 4.99 Å². The molecule has 1 saturated carbocycles. The predicted octanol–water partition coefficient (Wildman–Crippen LogP) is 2.95. The van der Waals surface area contributed by atoms with Crippen molar-refractivity contribution in [2.75, 3.05) is 26.7 Å². The molecule has 0 spiro atoms. The number of hydrogen-bond acceptors (Lipinski definition) is 4. The molecule has 0 bridgehead atoms. The van der Waals surface area contributed by atoms with E-state index in [4.69, 9.17) is 4.74 Å². The Hall–Kier alpha value is -0.770. The van der Waals surface area contributed by atoms with Crippen molar-refractivity contribution in [1.29, 1.82) is 0 Å². The molecule has 0 aromatic carbocycles. The molecule has 3 N–H and O–H groups in total. The Morgan fingerprint density at radius 2 is 1.81 bits per heavy atom. The van der Waals surface area contributed by atoms with E-state index < -0.39 is 17.2 Å². The van der Waals surface area contributed by atoms with Crippen LogP contribution in [0, 0.1) is 0 Å². The van der Waals surface area contributed by atoms with Gasteiger partial charge in [-0.15, -0.1) is 24.0 Å². The summed E-state index contributed by atoms with van der Waals surface area (Å²) in [4.78, 5) is 19.0. The molecule has 160 valence electrons. The summed E-state index contributed by atoms with van der Waals surface area (Å²) in [5.74, 6) is 0.766. The van der Waals surface area contributed by atoms with Crippen LogP contribution in [0.5, 0.6) is 0 Å². The van der Waals surface area contributed by atoms with Gasteiger partial charge < -0.3 is 20.7 Å². The minimum Gasteiger partial charge on any atom is -0.444 e. The van der Waals surface area contributed by atoms with E-state index in [0.717, 1.165) is 25.1 Å². The first-order chi connectivity index (χ1) is 11.9. The molecule has 1 aliphatic carbocycles. The van der Waals surface area contributed by atoms with Gasteiger partial charge in [0.1, 0.15) is 5.60 Å². The van der Waals surface area contributed by atoms with Crippen LogP contribution in [-0.2, 0) is 4.74 Å². The van der Waals surface area contributed by atoms with Gasteiger partial charge in [0, 0.05) is 25.2 Å². The molecule has 1 rings (SSSR count). The van der Waals surface area contributed by atoms with Gasteiger partial charge in [-0.3, -0.25) is 9.89 Å². The number of nitrogens with one attached hydrogen (secondary N) is 3. The van der Waals surface area contributed by atoms with Crippen LogP contribution in [0.4, 0.5) is 4.79 Å². The first kappa shape index (κ1) is 26.2. The Morgan fingerprint density at radius 3 is 2.30 bits per heavy atom. The van der Waals surface area contributed by atoms with Crippen molar-refractivity contribution in [1.82, 2.24) is 20.9 Å². The third kappa shape index (κ3) is 11.6. The first-order valence-electron chi connectivity index (χ1n) is 9.69. The first-order valence-corrected chi connectivity index (χ1v) is 9.69. The number of carbonyl (C=O) groups excluding carboxylic acids is 1. The number of carbonyl (C=O) groups is 1. The Bertz CT molecular complexity index is 487. The second-order valence-corrected chi connectivity index (χ2v) is 8.83. The average Bonchev–Trinajstić information content (AvgIpc) is 3.31. The van der Waals surface area contributed by atoms with E-state index in [-0.39, 0.29) is 24.0 Å². The average molecular weight is 497 g/mol. The van der Waals surface area contributed by atoms with E-state index in [1.54, 1.807) is 0 Å². The summed E-state index contributed by atoms with van der Waals surface area (Å²) in [6.45, 7) is 15.8. The lowest BCUT2D eigenvalue weighted by Crippen LogP contribution is -2.49. The van der Waals surface area contributed by atoms with Gasteiger partial charge in [0.05, 0.1) is 12.1 Å². The second kappa shape index (κ2) is 11.3. The second-order valence-electron chi connectivity index (χ2n) is 8.83. The molecule has 0 heterocycles. The van der Waals surface area contributed by atoms with Crippen molar-refractivity contribution in [3.8, 4) is 0 Å². The number of hydrogen-bond donors (Lipinski definition) is 3. The van der Waals surface area contributed by atoms with Crippen molar-refractivity contribution in [2.45, 2.75) is 84.5 Å². The van der Waals surface area contributed by atoms with E-state index in [9.17, 15) is 4.79 Å². The lowest BCUT2D eigenvalue weighted by atomic mass is 10.1.